The fourth-order valence-electron chi connectivity index (χ4n) is 0.842. The van der Waals surface area contributed by atoms with Gasteiger partial charge in [0.2, 0.25) is 0 Å². The summed E-state index contributed by atoms with van der Waals surface area (Å²) < 4.78 is 5.17. The minimum absolute atomic E-state index is 0.620. The zero-order valence-electron chi connectivity index (χ0n) is 8.66. The monoisotopic (exact) mass is 211 g/mol. The van der Waals surface area contributed by atoms with Crippen LogP contribution in [-0.4, -0.2) is 6.61 Å². The predicted octanol–water partition coefficient (Wildman–Crippen LogP) is 2.77. The summed E-state index contributed by atoms with van der Waals surface area (Å²) in [6.45, 7) is 8.18. The molecule has 0 heterocycles. The van der Waals surface area contributed by atoms with Crippen molar-refractivity contribution in [3.63, 3.8) is 0 Å². The van der Waals surface area contributed by atoms with Crippen molar-refractivity contribution in [2.24, 2.45) is 5.73 Å². The Morgan fingerprint density at radius 3 is 2.57 bits per heavy atom. The molecule has 0 atom stereocenters. The van der Waals surface area contributed by atoms with E-state index in [-0.39, 0.29) is 0 Å². The number of rotatable bonds is 5. The summed E-state index contributed by atoms with van der Waals surface area (Å²) in [6.07, 6.45) is 7.02. The maximum Gasteiger partial charge on any atom is 0.112 e. The first-order valence-electron chi connectivity index (χ1n) is 4.43. The van der Waals surface area contributed by atoms with E-state index < -0.39 is 0 Å². The van der Waals surface area contributed by atoms with Crippen molar-refractivity contribution < 1.29 is 4.74 Å². The lowest BCUT2D eigenvalue weighted by Crippen LogP contribution is -1.88. The highest BCUT2D eigenvalue weighted by molar-refractivity contribution is 7.84. The van der Waals surface area contributed by atoms with Crippen LogP contribution in [-0.2, 0) is 4.74 Å². The number of hydrogen-bond acceptors (Lipinski definition) is 3. The van der Waals surface area contributed by atoms with Gasteiger partial charge in [-0.15, -0.1) is 12.6 Å². The molecule has 3 heteroatoms. The second kappa shape index (κ2) is 7.33. The third-order valence-electron chi connectivity index (χ3n) is 1.54. The van der Waals surface area contributed by atoms with Crippen LogP contribution in [0.3, 0.4) is 0 Å². The summed E-state index contributed by atoms with van der Waals surface area (Å²) in [5.41, 5.74) is 6.29. The Balaban J connectivity index is 4.41. The molecule has 0 aromatic rings. The summed E-state index contributed by atoms with van der Waals surface area (Å²) in [7, 11) is 0. The van der Waals surface area contributed by atoms with Crippen molar-refractivity contribution in [2.45, 2.75) is 13.8 Å². The van der Waals surface area contributed by atoms with Gasteiger partial charge in [-0.05, 0) is 25.5 Å². The molecule has 0 fully saturated rings. The van der Waals surface area contributed by atoms with E-state index in [4.69, 9.17) is 10.5 Å². The number of nitrogens with two attached hydrogens (primary N) is 1. The van der Waals surface area contributed by atoms with Crippen molar-refractivity contribution >= 4 is 12.6 Å². The molecule has 0 aromatic heterocycles. The van der Waals surface area contributed by atoms with E-state index in [2.05, 4.69) is 19.2 Å². The SMILES string of the molecule is C=C(\C=C/C(=C\C)C(/S)=C/N)OCC. The van der Waals surface area contributed by atoms with Gasteiger partial charge in [-0.2, -0.15) is 0 Å². The van der Waals surface area contributed by atoms with Gasteiger partial charge in [-0.25, -0.2) is 0 Å². The zero-order chi connectivity index (χ0) is 11.0. The molecule has 0 saturated heterocycles. The highest BCUT2D eigenvalue weighted by Crippen LogP contribution is 2.14. The van der Waals surface area contributed by atoms with Crippen LogP contribution in [0.2, 0.25) is 0 Å². The van der Waals surface area contributed by atoms with E-state index in [1.165, 1.54) is 6.20 Å². The Hall–Kier alpha value is -1.09. The average Bonchev–Trinajstić information content (AvgIpc) is 2.18. The van der Waals surface area contributed by atoms with Crippen molar-refractivity contribution in [1.29, 1.82) is 0 Å². The first kappa shape index (κ1) is 12.9. The van der Waals surface area contributed by atoms with Gasteiger partial charge in [0.15, 0.2) is 0 Å². The fourth-order valence-corrected chi connectivity index (χ4v) is 1.05. The lowest BCUT2D eigenvalue weighted by molar-refractivity contribution is 0.244. The molecule has 0 bridgehead atoms. The van der Waals surface area contributed by atoms with Crippen molar-refractivity contribution in [1.82, 2.24) is 0 Å². The fraction of sp³-hybridized carbons (Fsp3) is 0.273. The van der Waals surface area contributed by atoms with Crippen LogP contribution >= 0.6 is 12.6 Å². The molecule has 0 aliphatic rings. The van der Waals surface area contributed by atoms with Crippen LogP contribution in [0, 0.1) is 0 Å². The minimum Gasteiger partial charge on any atom is -0.495 e. The first-order valence-corrected chi connectivity index (χ1v) is 4.87. The Kier molecular flexibility index (Phi) is 6.76. The first-order chi connectivity index (χ1) is 6.65. The van der Waals surface area contributed by atoms with E-state index in [9.17, 15) is 0 Å². The number of ether oxygens (including phenoxy) is 1. The van der Waals surface area contributed by atoms with Crippen LogP contribution in [0.15, 0.2) is 47.2 Å². The molecule has 0 amide bonds. The Morgan fingerprint density at radius 2 is 2.14 bits per heavy atom. The summed E-state index contributed by atoms with van der Waals surface area (Å²) in [6, 6.07) is 0. The van der Waals surface area contributed by atoms with Gasteiger partial charge in [-0.1, -0.05) is 18.7 Å². The van der Waals surface area contributed by atoms with Crippen molar-refractivity contribution in [3.05, 3.63) is 47.2 Å². The van der Waals surface area contributed by atoms with Gasteiger partial charge < -0.3 is 10.5 Å². The van der Waals surface area contributed by atoms with E-state index in [1.807, 2.05) is 26.0 Å². The molecule has 0 saturated carbocycles. The smallest absolute Gasteiger partial charge is 0.112 e. The van der Waals surface area contributed by atoms with Gasteiger partial charge in [0.05, 0.1) is 6.61 Å². The van der Waals surface area contributed by atoms with Crippen LogP contribution in [0.4, 0.5) is 0 Å². The number of thiol groups is 1. The summed E-state index contributed by atoms with van der Waals surface area (Å²) in [4.78, 5) is 0.730. The van der Waals surface area contributed by atoms with E-state index in [0.717, 1.165) is 10.5 Å². The second-order valence-corrected chi connectivity index (χ2v) is 3.01. The molecule has 0 aliphatic heterocycles. The predicted molar refractivity (Wildman–Crippen MR) is 64.9 cm³/mol. The third-order valence-corrected chi connectivity index (χ3v) is 1.95. The lowest BCUT2D eigenvalue weighted by atomic mass is 10.2. The molecule has 78 valence electrons. The summed E-state index contributed by atoms with van der Waals surface area (Å²) in [5.74, 6) is 0.630. The Labute approximate surface area is 91.2 Å². The van der Waals surface area contributed by atoms with Crippen LogP contribution in [0.1, 0.15) is 13.8 Å². The minimum atomic E-state index is 0.620. The summed E-state index contributed by atoms with van der Waals surface area (Å²) in [5, 5.41) is 0. The van der Waals surface area contributed by atoms with Crippen LogP contribution in [0.5, 0.6) is 0 Å². The zero-order valence-corrected chi connectivity index (χ0v) is 9.55. The van der Waals surface area contributed by atoms with E-state index >= 15 is 0 Å². The normalized spacial score (nSPS) is 13.4. The van der Waals surface area contributed by atoms with E-state index in [1.54, 1.807) is 6.08 Å². The van der Waals surface area contributed by atoms with Crippen LogP contribution in [0.25, 0.3) is 0 Å². The topological polar surface area (TPSA) is 35.2 Å². The molecule has 0 spiro atoms. The molecule has 0 aromatic carbocycles. The largest absolute Gasteiger partial charge is 0.495 e. The molecular formula is C11H17NOS. The van der Waals surface area contributed by atoms with Crippen molar-refractivity contribution in [2.75, 3.05) is 6.61 Å². The average molecular weight is 211 g/mol. The standard InChI is InChI=1S/C11H17NOS/c1-4-10(11(14)8-12)7-6-9(3)13-5-2/h4,6-8,14H,3,5,12H2,1-2H3/b7-6-,10-4+,11-8-. The van der Waals surface area contributed by atoms with Gasteiger partial charge in [0.25, 0.3) is 0 Å². The maximum absolute atomic E-state index is 5.35. The van der Waals surface area contributed by atoms with Gasteiger partial charge in [0, 0.05) is 11.1 Å². The Morgan fingerprint density at radius 1 is 1.50 bits per heavy atom. The molecular weight excluding hydrogens is 194 g/mol. The molecule has 0 rings (SSSR count). The van der Waals surface area contributed by atoms with Crippen molar-refractivity contribution in [3.8, 4) is 0 Å². The molecule has 0 unspecified atom stereocenters. The second-order valence-electron chi connectivity index (χ2n) is 2.53. The molecule has 0 radical (unpaired) electrons. The van der Waals surface area contributed by atoms with Gasteiger partial charge in [-0.3, -0.25) is 0 Å². The highest BCUT2D eigenvalue weighted by Gasteiger charge is 1.94. The summed E-state index contributed by atoms with van der Waals surface area (Å²) >= 11 is 4.21. The molecule has 2 nitrogen and oxygen atoms in total. The van der Waals surface area contributed by atoms with Gasteiger partial charge in [0.1, 0.15) is 5.76 Å². The number of hydrogen-bond donors (Lipinski definition) is 2. The molecule has 14 heavy (non-hydrogen) atoms. The highest BCUT2D eigenvalue weighted by atomic mass is 32.1. The van der Waals surface area contributed by atoms with E-state index in [0.29, 0.717) is 12.4 Å². The Bertz CT molecular complexity index is 277. The van der Waals surface area contributed by atoms with Gasteiger partial charge >= 0.3 is 0 Å². The molecule has 0 aliphatic carbocycles. The van der Waals surface area contributed by atoms with Crippen LogP contribution < -0.4 is 5.73 Å². The lowest BCUT2D eigenvalue weighted by Gasteiger charge is -2.02. The third kappa shape index (κ3) is 4.82. The maximum atomic E-state index is 5.35. The quantitative estimate of drug-likeness (QED) is 0.416. The molecule has 2 N–H and O–H groups in total. The number of allylic oxidation sites excluding steroid dienone is 4.